The van der Waals surface area contributed by atoms with E-state index in [1.165, 1.54) is 41.3 Å². The zero-order valence-electron chi connectivity index (χ0n) is 17.4. The summed E-state index contributed by atoms with van der Waals surface area (Å²) in [4.78, 5) is 30.2. The number of rotatable bonds is 6. The molecule has 4 rings (SSSR count). The highest BCUT2D eigenvalue weighted by molar-refractivity contribution is 8.00. The molecule has 1 atom stereocenters. The van der Waals surface area contributed by atoms with Gasteiger partial charge in [0.2, 0.25) is 5.91 Å². The Bertz CT molecular complexity index is 1290. The van der Waals surface area contributed by atoms with Gasteiger partial charge < -0.3 is 10.6 Å². The molecule has 32 heavy (non-hydrogen) atoms. The predicted molar refractivity (Wildman–Crippen MR) is 129 cm³/mol. The Kier molecular flexibility index (Phi) is 6.53. The fourth-order valence-corrected chi connectivity index (χ4v) is 4.85. The third kappa shape index (κ3) is 5.15. The third-order valence-corrected chi connectivity index (χ3v) is 6.73. The van der Waals surface area contributed by atoms with Crippen LogP contribution in [0.4, 0.5) is 15.2 Å². The van der Waals surface area contributed by atoms with Crippen molar-refractivity contribution in [2.45, 2.75) is 24.0 Å². The number of nitrogens with one attached hydrogen (secondary N) is 2. The average Bonchev–Trinajstić information content (AvgIpc) is 3.16. The third-order valence-electron chi connectivity index (χ3n) is 4.69. The number of thiazole rings is 1. The fourth-order valence-electron chi connectivity index (χ4n) is 3.01. The Morgan fingerprint density at radius 1 is 1.03 bits per heavy atom. The van der Waals surface area contributed by atoms with Crippen molar-refractivity contribution in [3.8, 4) is 0 Å². The van der Waals surface area contributed by atoms with Crippen LogP contribution in [0.5, 0.6) is 0 Å². The summed E-state index contributed by atoms with van der Waals surface area (Å²) in [5, 5.41) is 5.80. The van der Waals surface area contributed by atoms with Gasteiger partial charge in [-0.3, -0.25) is 9.59 Å². The van der Waals surface area contributed by atoms with Gasteiger partial charge in [-0.2, -0.15) is 0 Å². The second kappa shape index (κ2) is 9.50. The summed E-state index contributed by atoms with van der Waals surface area (Å²) < 4.78 is 14.8. The van der Waals surface area contributed by atoms with Crippen molar-refractivity contribution in [3.05, 3.63) is 83.7 Å². The Hall–Kier alpha value is -3.23. The predicted octanol–water partition coefficient (Wildman–Crippen LogP) is 6.12. The SMILES string of the molecule is Cc1ccc2nc(NC(=O)C(C)Sc3ccc(NC(=O)c4ccccc4F)cc3)sc2c1. The number of aromatic nitrogens is 1. The van der Waals surface area contributed by atoms with Crippen LogP contribution in [0.2, 0.25) is 0 Å². The molecule has 4 aromatic rings. The van der Waals surface area contributed by atoms with E-state index in [4.69, 9.17) is 0 Å². The minimum absolute atomic E-state index is 0.0127. The van der Waals surface area contributed by atoms with Crippen molar-refractivity contribution in [1.82, 2.24) is 4.98 Å². The van der Waals surface area contributed by atoms with E-state index in [-0.39, 0.29) is 16.7 Å². The molecule has 0 saturated heterocycles. The summed E-state index contributed by atoms with van der Waals surface area (Å²) in [6.07, 6.45) is 0. The van der Waals surface area contributed by atoms with Gasteiger partial charge in [0.25, 0.3) is 5.91 Å². The molecular formula is C24H20FN3O2S2. The first-order valence-corrected chi connectivity index (χ1v) is 11.6. The molecule has 1 heterocycles. The number of carbonyl (C=O) groups excluding carboxylic acids is 2. The smallest absolute Gasteiger partial charge is 0.258 e. The van der Waals surface area contributed by atoms with Gasteiger partial charge in [0.1, 0.15) is 5.82 Å². The minimum atomic E-state index is -0.569. The molecule has 162 valence electrons. The Labute approximate surface area is 193 Å². The highest BCUT2D eigenvalue weighted by atomic mass is 32.2. The molecule has 5 nitrogen and oxygen atoms in total. The van der Waals surface area contributed by atoms with Gasteiger partial charge in [0.15, 0.2) is 5.13 Å². The van der Waals surface area contributed by atoms with Crippen LogP contribution in [0.15, 0.2) is 71.6 Å². The van der Waals surface area contributed by atoms with Crippen molar-refractivity contribution >= 4 is 55.9 Å². The van der Waals surface area contributed by atoms with Gasteiger partial charge in [-0.1, -0.05) is 29.5 Å². The van der Waals surface area contributed by atoms with E-state index in [1.54, 1.807) is 18.2 Å². The van der Waals surface area contributed by atoms with Crippen molar-refractivity contribution in [3.63, 3.8) is 0 Å². The molecule has 0 bridgehead atoms. The Balaban J connectivity index is 1.35. The van der Waals surface area contributed by atoms with E-state index in [0.29, 0.717) is 10.8 Å². The van der Waals surface area contributed by atoms with Crippen LogP contribution in [0.3, 0.4) is 0 Å². The van der Waals surface area contributed by atoms with Crippen molar-refractivity contribution in [2.75, 3.05) is 10.6 Å². The summed E-state index contributed by atoms with van der Waals surface area (Å²) in [7, 11) is 0. The lowest BCUT2D eigenvalue weighted by molar-refractivity contribution is -0.115. The van der Waals surface area contributed by atoms with Crippen LogP contribution in [0.25, 0.3) is 10.2 Å². The van der Waals surface area contributed by atoms with Crippen LogP contribution >= 0.6 is 23.1 Å². The lowest BCUT2D eigenvalue weighted by Gasteiger charge is -2.11. The van der Waals surface area contributed by atoms with Crippen molar-refractivity contribution in [2.24, 2.45) is 0 Å². The van der Waals surface area contributed by atoms with E-state index in [1.807, 2.05) is 44.2 Å². The second-order valence-corrected chi connectivity index (χ2v) is 9.64. The number of hydrogen-bond donors (Lipinski definition) is 2. The van der Waals surface area contributed by atoms with E-state index >= 15 is 0 Å². The maximum atomic E-state index is 13.8. The molecule has 0 aliphatic carbocycles. The van der Waals surface area contributed by atoms with E-state index in [9.17, 15) is 14.0 Å². The molecule has 2 N–H and O–H groups in total. The zero-order chi connectivity index (χ0) is 22.7. The number of halogens is 1. The van der Waals surface area contributed by atoms with Gasteiger partial charge in [-0.05, 0) is 67.9 Å². The molecule has 0 saturated carbocycles. The number of hydrogen-bond acceptors (Lipinski definition) is 5. The van der Waals surface area contributed by atoms with Crippen LogP contribution in [0.1, 0.15) is 22.8 Å². The van der Waals surface area contributed by atoms with Gasteiger partial charge in [-0.15, -0.1) is 11.8 Å². The highest BCUT2D eigenvalue weighted by Crippen LogP contribution is 2.29. The molecule has 0 radical (unpaired) electrons. The largest absolute Gasteiger partial charge is 0.322 e. The molecule has 2 amide bonds. The zero-order valence-corrected chi connectivity index (χ0v) is 19.0. The summed E-state index contributed by atoms with van der Waals surface area (Å²) in [6, 6.07) is 18.9. The highest BCUT2D eigenvalue weighted by Gasteiger charge is 2.17. The van der Waals surface area contributed by atoms with Crippen molar-refractivity contribution < 1.29 is 14.0 Å². The van der Waals surface area contributed by atoms with E-state index in [0.717, 1.165) is 20.7 Å². The maximum Gasteiger partial charge on any atom is 0.258 e. The molecule has 0 aliphatic heterocycles. The number of benzene rings is 3. The standard InChI is InChI=1S/C24H20FN3O2S2/c1-14-7-12-20-21(13-14)32-24(27-20)28-22(29)15(2)31-17-10-8-16(9-11-17)26-23(30)18-5-3-4-6-19(18)25/h3-13,15H,1-2H3,(H,26,30)(H,27,28,29). The van der Waals surface area contributed by atoms with E-state index in [2.05, 4.69) is 15.6 Å². The number of fused-ring (bicyclic) bond motifs is 1. The average molecular weight is 466 g/mol. The molecule has 1 unspecified atom stereocenters. The maximum absolute atomic E-state index is 13.8. The van der Waals surface area contributed by atoms with Crippen LogP contribution in [-0.4, -0.2) is 22.0 Å². The molecule has 1 aromatic heterocycles. The number of amides is 2. The number of thioether (sulfide) groups is 1. The van der Waals surface area contributed by atoms with Gasteiger partial charge in [0, 0.05) is 10.6 Å². The second-order valence-electron chi connectivity index (χ2n) is 7.20. The van der Waals surface area contributed by atoms with Crippen molar-refractivity contribution in [1.29, 1.82) is 0 Å². The quantitative estimate of drug-likeness (QED) is 0.337. The van der Waals surface area contributed by atoms with Crippen LogP contribution in [0, 0.1) is 12.7 Å². The molecule has 0 aliphatic rings. The van der Waals surface area contributed by atoms with Crippen LogP contribution in [-0.2, 0) is 4.79 Å². The molecule has 8 heteroatoms. The Morgan fingerprint density at radius 3 is 2.53 bits per heavy atom. The fraction of sp³-hybridized carbons (Fsp3) is 0.125. The summed E-state index contributed by atoms with van der Waals surface area (Å²) in [6.45, 7) is 3.85. The summed E-state index contributed by atoms with van der Waals surface area (Å²) >= 11 is 2.85. The molecular weight excluding hydrogens is 445 g/mol. The number of nitrogens with zero attached hydrogens (tertiary/aromatic N) is 1. The van der Waals surface area contributed by atoms with Crippen LogP contribution < -0.4 is 10.6 Å². The lowest BCUT2D eigenvalue weighted by atomic mass is 10.2. The molecule has 3 aromatic carbocycles. The first-order chi connectivity index (χ1) is 15.4. The minimum Gasteiger partial charge on any atom is -0.322 e. The molecule has 0 fully saturated rings. The molecule has 0 spiro atoms. The topological polar surface area (TPSA) is 71.1 Å². The number of carbonyl (C=O) groups is 2. The monoisotopic (exact) mass is 465 g/mol. The van der Waals surface area contributed by atoms with Gasteiger partial charge in [0.05, 0.1) is 21.0 Å². The summed E-state index contributed by atoms with van der Waals surface area (Å²) in [5.74, 6) is -1.22. The normalized spacial score (nSPS) is 11.8. The summed E-state index contributed by atoms with van der Waals surface area (Å²) in [5.41, 5.74) is 2.55. The van der Waals surface area contributed by atoms with Gasteiger partial charge >= 0.3 is 0 Å². The number of aryl methyl sites for hydroxylation is 1. The Morgan fingerprint density at radius 2 is 1.78 bits per heavy atom. The lowest BCUT2D eigenvalue weighted by Crippen LogP contribution is -2.22. The van der Waals surface area contributed by atoms with Gasteiger partial charge in [-0.25, -0.2) is 9.37 Å². The van der Waals surface area contributed by atoms with E-state index < -0.39 is 11.7 Å². The first kappa shape index (κ1) is 22.0. The number of anilines is 2. The first-order valence-electron chi connectivity index (χ1n) is 9.90.